The van der Waals surface area contributed by atoms with Gasteiger partial charge in [0.25, 0.3) is 0 Å². The normalized spacial score (nSPS) is 11.1. The first-order chi connectivity index (χ1) is 13.6. The Bertz CT molecular complexity index is 1100. The van der Waals surface area contributed by atoms with E-state index < -0.39 is 0 Å². The van der Waals surface area contributed by atoms with Gasteiger partial charge in [-0.2, -0.15) is 0 Å². The number of aromatic nitrogens is 5. The predicted octanol–water partition coefficient (Wildman–Crippen LogP) is 3.72. The molecule has 7 nitrogen and oxygen atoms in total. The Morgan fingerprint density at radius 2 is 1.82 bits per heavy atom. The molecule has 0 radical (unpaired) electrons. The SMILES string of the molecule is Nn1c(Cc2ccccc2F)nnc1SCc1nnc(-c2ccc(Cl)cc2)o1. The van der Waals surface area contributed by atoms with E-state index in [1.165, 1.54) is 22.5 Å². The molecule has 4 aromatic rings. The lowest BCUT2D eigenvalue weighted by molar-refractivity contribution is 0.528. The number of benzene rings is 2. The van der Waals surface area contributed by atoms with E-state index in [4.69, 9.17) is 21.9 Å². The molecule has 0 aliphatic heterocycles. The van der Waals surface area contributed by atoms with Crippen molar-refractivity contribution in [3.8, 4) is 11.5 Å². The van der Waals surface area contributed by atoms with E-state index in [0.29, 0.717) is 39.1 Å². The van der Waals surface area contributed by atoms with Gasteiger partial charge in [-0.1, -0.05) is 41.6 Å². The first-order valence-electron chi connectivity index (χ1n) is 8.24. The largest absolute Gasteiger partial charge is 0.420 e. The monoisotopic (exact) mass is 416 g/mol. The Balaban J connectivity index is 1.42. The molecule has 0 fully saturated rings. The number of nitrogens with zero attached hydrogens (tertiary/aromatic N) is 5. The Hall–Kier alpha value is -2.91. The van der Waals surface area contributed by atoms with Gasteiger partial charge >= 0.3 is 0 Å². The maximum absolute atomic E-state index is 13.8. The molecule has 28 heavy (non-hydrogen) atoms. The Kier molecular flexibility index (Phi) is 5.27. The smallest absolute Gasteiger partial charge is 0.247 e. The van der Waals surface area contributed by atoms with Gasteiger partial charge in [-0.15, -0.1) is 20.4 Å². The van der Waals surface area contributed by atoms with Gasteiger partial charge in [-0.25, -0.2) is 9.07 Å². The van der Waals surface area contributed by atoms with E-state index in [1.807, 2.05) is 0 Å². The molecule has 0 saturated heterocycles. The van der Waals surface area contributed by atoms with Crippen molar-refractivity contribution in [3.05, 3.63) is 76.6 Å². The van der Waals surface area contributed by atoms with Crippen LogP contribution in [-0.2, 0) is 12.2 Å². The maximum atomic E-state index is 13.8. The summed E-state index contributed by atoms with van der Waals surface area (Å²) in [5, 5.41) is 17.3. The summed E-state index contributed by atoms with van der Waals surface area (Å²) in [6.07, 6.45) is 0.248. The van der Waals surface area contributed by atoms with Gasteiger partial charge in [-0.05, 0) is 35.9 Å². The number of rotatable bonds is 6. The van der Waals surface area contributed by atoms with Crippen molar-refractivity contribution in [1.82, 2.24) is 25.1 Å². The molecule has 2 N–H and O–H groups in total. The van der Waals surface area contributed by atoms with E-state index in [0.717, 1.165) is 5.56 Å². The van der Waals surface area contributed by atoms with Crippen LogP contribution in [0.4, 0.5) is 4.39 Å². The van der Waals surface area contributed by atoms with E-state index in [1.54, 1.807) is 42.5 Å². The highest BCUT2D eigenvalue weighted by molar-refractivity contribution is 7.98. The summed E-state index contributed by atoms with van der Waals surface area (Å²) in [7, 11) is 0. The summed E-state index contributed by atoms with van der Waals surface area (Å²) in [4.78, 5) is 0. The molecule has 0 atom stereocenters. The molecule has 0 bridgehead atoms. The number of thioether (sulfide) groups is 1. The van der Waals surface area contributed by atoms with Crippen LogP contribution in [0.1, 0.15) is 17.3 Å². The van der Waals surface area contributed by atoms with Crippen LogP contribution >= 0.6 is 23.4 Å². The molecule has 10 heteroatoms. The van der Waals surface area contributed by atoms with Crippen molar-refractivity contribution in [2.45, 2.75) is 17.3 Å². The molecular weight excluding hydrogens is 403 g/mol. The highest BCUT2D eigenvalue weighted by Crippen LogP contribution is 2.24. The van der Waals surface area contributed by atoms with Crippen LogP contribution < -0.4 is 5.84 Å². The minimum atomic E-state index is -0.305. The lowest BCUT2D eigenvalue weighted by atomic mass is 10.1. The van der Waals surface area contributed by atoms with Crippen molar-refractivity contribution in [2.24, 2.45) is 0 Å². The fourth-order valence-electron chi connectivity index (χ4n) is 2.49. The number of nitrogens with two attached hydrogens (primary N) is 1. The Labute approximate surface area is 168 Å². The van der Waals surface area contributed by atoms with Crippen molar-refractivity contribution in [1.29, 1.82) is 0 Å². The van der Waals surface area contributed by atoms with Crippen LogP contribution in [-0.4, -0.2) is 25.1 Å². The van der Waals surface area contributed by atoms with Crippen LogP contribution in [0.2, 0.25) is 5.02 Å². The molecule has 4 rings (SSSR count). The number of hydrogen-bond donors (Lipinski definition) is 1. The molecule has 2 aromatic heterocycles. The summed E-state index contributed by atoms with van der Waals surface area (Å²) in [5.41, 5.74) is 1.28. The van der Waals surface area contributed by atoms with Gasteiger partial charge in [-0.3, -0.25) is 0 Å². The zero-order valence-corrected chi connectivity index (χ0v) is 16.0. The Morgan fingerprint density at radius 1 is 1.04 bits per heavy atom. The molecule has 2 heterocycles. The maximum Gasteiger partial charge on any atom is 0.247 e. The second kappa shape index (κ2) is 7.99. The average molecular weight is 417 g/mol. The van der Waals surface area contributed by atoms with E-state index in [9.17, 15) is 4.39 Å². The van der Waals surface area contributed by atoms with Crippen LogP contribution in [0.3, 0.4) is 0 Å². The van der Waals surface area contributed by atoms with Crippen molar-refractivity contribution >= 4 is 23.4 Å². The molecule has 142 valence electrons. The van der Waals surface area contributed by atoms with Crippen molar-refractivity contribution in [2.75, 3.05) is 5.84 Å². The van der Waals surface area contributed by atoms with Gasteiger partial charge in [0, 0.05) is 17.0 Å². The summed E-state index contributed by atoms with van der Waals surface area (Å²) < 4.78 is 20.8. The minimum Gasteiger partial charge on any atom is -0.420 e. The second-order valence-electron chi connectivity index (χ2n) is 5.83. The third-order valence-electron chi connectivity index (χ3n) is 3.92. The van der Waals surface area contributed by atoms with Crippen molar-refractivity contribution in [3.63, 3.8) is 0 Å². The van der Waals surface area contributed by atoms with Gasteiger partial charge in [0.05, 0.1) is 5.75 Å². The highest BCUT2D eigenvalue weighted by atomic mass is 35.5. The van der Waals surface area contributed by atoms with Crippen LogP contribution in [0.5, 0.6) is 0 Å². The topological polar surface area (TPSA) is 95.7 Å². The first-order valence-corrected chi connectivity index (χ1v) is 9.60. The van der Waals surface area contributed by atoms with E-state index in [2.05, 4.69) is 20.4 Å². The molecule has 0 unspecified atom stereocenters. The predicted molar refractivity (Wildman–Crippen MR) is 104 cm³/mol. The lowest BCUT2D eigenvalue weighted by Gasteiger charge is -2.04. The highest BCUT2D eigenvalue weighted by Gasteiger charge is 2.15. The summed E-state index contributed by atoms with van der Waals surface area (Å²) in [6.45, 7) is 0. The number of halogens is 2. The van der Waals surface area contributed by atoms with E-state index in [-0.39, 0.29) is 12.2 Å². The summed E-state index contributed by atoms with van der Waals surface area (Å²) in [6, 6.07) is 13.6. The second-order valence-corrected chi connectivity index (χ2v) is 7.21. The van der Waals surface area contributed by atoms with Gasteiger partial charge in [0.15, 0.2) is 5.82 Å². The van der Waals surface area contributed by atoms with Gasteiger partial charge in [0.1, 0.15) is 5.82 Å². The zero-order valence-electron chi connectivity index (χ0n) is 14.4. The lowest BCUT2D eigenvalue weighted by Crippen LogP contribution is -2.14. The number of hydrogen-bond acceptors (Lipinski definition) is 7. The quantitative estimate of drug-likeness (QED) is 0.378. The van der Waals surface area contributed by atoms with Crippen LogP contribution in [0, 0.1) is 5.82 Å². The number of nitrogen functional groups attached to an aromatic ring is 1. The third kappa shape index (κ3) is 4.00. The zero-order chi connectivity index (χ0) is 19.5. The fraction of sp³-hybridized carbons (Fsp3) is 0.111. The molecule has 0 amide bonds. The molecule has 0 spiro atoms. The molecule has 2 aromatic carbocycles. The standard InChI is InChI=1S/C18H14ClFN6OS/c19-13-7-5-11(6-8-13)17-24-23-16(27-17)10-28-18-25-22-15(26(18)21)9-12-3-1-2-4-14(12)20/h1-8H,9-10,21H2. The fourth-order valence-corrected chi connectivity index (χ4v) is 3.32. The summed E-state index contributed by atoms with van der Waals surface area (Å²) in [5.74, 6) is 7.40. The molecular formula is C18H14ClFN6OS. The van der Waals surface area contributed by atoms with E-state index >= 15 is 0 Å². The molecule has 0 saturated carbocycles. The minimum absolute atomic E-state index is 0.248. The van der Waals surface area contributed by atoms with Crippen LogP contribution in [0.15, 0.2) is 58.1 Å². The summed E-state index contributed by atoms with van der Waals surface area (Å²) >= 11 is 7.18. The van der Waals surface area contributed by atoms with Gasteiger partial charge < -0.3 is 10.3 Å². The Morgan fingerprint density at radius 3 is 2.61 bits per heavy atom. The first kappa shape index (κ1) is 18.5. The molecule has 0 aliphatic rings. The van der Waals surface area contributed by atoms with Crippen LogP contribution in [0.25, 0.3) is 11.5 Å². The average Bonchev–Trinajstić information content (AvgIpc) is 3.30. The van der Waals surface area contributed by atoms with Crippen molar-refractivity contribution < 1.29 is 8.81 Å². The third-order valence-corrected chi connectivity index (χ3v) is 5.10. The molecule has 0 aliphatic carbocycles. The van der Waals surface area contributed by atoms with Gasteiger partial charge in [0.2, 0.25) is 16.9 Å².